The summed E-state index contributed by atoms with van der Waals surface area (Å²) in [5.74, 6) is -0.492. The number of aromatic nitrogens is 1. The molecule has 16 heavy (non-hydrogen) atoms. The van der Waals surface area contributed by atoms with Gasteiger partial charge in [-0.25, -0.2) is 4.39 Å². The number of hydrogen-bond donors (Lipinski definition) is 1. The Morgan fingerprint density at radius 3 is 3.06 bits per heavy atom. The maximum atomic E-state index is 12.9. The number of piperidine rings is 1. The van der Waals surface area contributed by atoms with E-state index in [1.807, 2.05) is 0 Å². The highest BCUT2D eigenvalue weighted by atomic mass is 19.1. The number of nitrogens with one attached hydrogen (secondary N) is 1. The van der Waals surface area contributed by atoms with Crippen LogP contribution in [-0.4, -0.2) is 23.4 Å². The summed E-state index contributed by atoms with van der Waals surface area (Å²) < 4.78 is 12.9. The molecule has 1 aliphatic rings. The minimum absolute atomic E-state index is 0.0357. The van der Waals surface area contributed by atoms with Crippen LogP contribution in [0.2, 0.25) is 0 Å². The Balaban J connectivity index is 1.97. The molecule has 86 valence electrons. The van der Waals surface area contributed by atoms with Crippen molar-refractivity contribution in [2.24, 2.45) is 0 Å². The molecule has 0 spiro atoms. The maximum absolute atomic E-state index is 12.9. The SMILES string of the molecule is O=C(CC1CCCCN1)c1cncc(F)c1. The summed E-state index contributed by atoms with van der Waals surface area (Å²) in [6, 6.07) is 1.49. The first kappa shape index (κ1) is 11.2. The van der Waals surface area contributed by atoms with Crippen molar-refractivity contribution in [3.8, 4) is 0 Å². The second kappa shape index (κ2) is 5.16. The third-order valence-electron chi connectivity index (χ3n) is 2.87. The monoisotopic (exact) mass is 222 g/mol. The lowest BCUT2D eigenvalue weighted by atomic mass is 9.98. The third-order valence-corrected chi connectivity index (χ3v) is 2.87. The normalized spacial score (nSPS) is 20.7. The second-order valence-corrected chi connectivity index (χ2v) is 4.17. The van der Waals surface area contributed by atoms with E-state index in [0.717, 1.165) is 25.6 Å². The Morgan fingerprint density at radius 1 is 1.50 bits per heavy atom. The Morgan fingerprint density at radius 2 is 2.38 bits per heavy atom. The van der Waals surface area contributed by atoms with Crippen LogP contribution in [-0.2, 0) is 0 Å². The predicted molar refractivity (Wildman–Crippen MR) is 58.8 cm³/mol. The fraction of sp³-hybridized carbons (Fsp3) is 0.500. The summed E-state index contributed by atoms with van der Waals surface area (Å²) >= 11 is 0. The van der Waals surface area contributed by atoms with Crippen LogP contribution in [0.15, 0.2) is 18.5 Å². The first-order valence-corrected chi connectivity index (χ1v) is 5.63. The molecule has 1 fully saturated rings. The minimum atomic E-state index is -0.456. The summed E-state index contributed by atoms with van der Waals surface area (Å²) in [7, 11) is 0. The number of Topliss-reactive ketones (excluding diaryl/α,β-unsaturated/α-hetero) is 1. The maximum Gasteiger partial charge on any atom is 0.166 e. The Labute approximate surface area is 94.1 Å². The smallest absolute Gasteiger partial charge is 0.166 e. The van der Waals surface area contributed by atoms with Gasteiger partial charge in [0.25, 0.3) is 0 Å². The van der Waals surface area contributed by atoms with E-state index in [1.165, 1.54) is 18.7 Å². The number of carbonyl (C=O) groups is 1. The molecule has 1 unspecified atom stereocenters. The molecule has 0 amide bonds. The van der Waals surface area contributed by atoms with Crippen LogP contribution in [0.25, 0.3) is 0 Å². The Kier molecular flexibility index (Phi) is 3.62. The van der Waals surface area contributed by atoms with Crippen LogP contribution >= 0.6 is 0 Å². The second-order valence-electron chi connectivity index (χ2n) is 4.17. The zero-order valence-electron chi connectivity index (χ0n) is 9.08. The molecule has 3 nitrogen and oxygen atoms in total. The summed E-state index contributed by atoms with van der Waals surface area (Å²) in [5.41, 5.74) is 0.368. The number of carbonyl (C=O) groups excluding carboxylic acids is 1. The fourth-order valence-corrected chi connectivity index (χ4v) is 2.00. The zero-order chi connectivity index (χ0) is 11.4. The van der Waals surface area contributed by atoms with Crippen LogP contribution < -0.4 is 5.32 Å². The lowest BCUT2D eigenvalue weighted by molar-refractivity contribution is 0.0963. The van der Waals surface area contributed by atoms with E-state index in [9.17, 15) is 9.18 Å². The van der Waals surface area contributed by atoms with Gasteiger partial charge in [-0.05, 0) is 25.5 Å². The van der Waals surface area contributed by atoms with E-state index in [0.29, 0.717) is 12.0 Å². The molecule has 2 heterocycles. The van der Waals surface area contributed by atoms with Gasteiger partial charge >= 0.3 is 0 Å². The first-order chi connectivity index (χ1) is 7.75. The average Bonchev–Trinajstić information content (AvgIpc) is 2.30. The molecule has 0 saturated carbocycles. The highest BCUT2D eigenvalue weighted by Gasteiger charge is 2.17. The molecule has 4 heteroatoms. The number of rotatable bonds is 3. The molecule has 1 N–H and O–H groups in total. The Bertz CT molecular complexity index is 375. The standard InChI is InChI=1S/C12H15FN2O/c13-10-5-9(7-14-8-10)12(16)6-11-3-1-2-4-15-11/h5,7-8,11,15H,1-4,6H2. The summed E-state index contributed by atoms with van der Waals surface area (Å²) in [6.07, 6.45) is 6.32. The van der Waals surface area contributed by atoms with Gasteiger partial charge in [-0.3, -0.25) is 9.78 Å². The van der Waals surface area contributed by atoms with Gasteiger partial charge in [0.05, 0.1) is 6.20 Å². The van der Waals surface area contributed by atoms with Crippen LogP contribution in [0.1, 0.15) is 36.0 Å². The van der Waals surface area contributed by atoms with E-state index in [-0.39, 0.29) is 11.8 Å². The van der Waals surface area contributed by atoms with Gasteiger partial charge in [-0.1, -0.05) is 6.42 Å². The van der Waals surface area contributed by atoms with Crippen molar-refractivity contribution in [1.82, 2.24) is 10.3 Å². The molecule has 0 aliphatic carbocycles. The van der Waals surface area contributed by atoms with Crippen molar-refractivity contribution in [1.29, 1.82) is 0 Å². The van der Waals surface area contributed by atoms with Crippen molar-refractivity contribution >= 4 is 5.78 Å². The minimum Gasteiger partial charge on any atom is -0.314 e. The lowest BCUT2D eigenvalue weighted by Crippen LogP contribution is -2.35. The summed E-state index contributed by atoms with van der Waals surface area (Å²) in [6.45, 7) is 0.972. The average molecular weight is 222 g/mol. The van der Waals surface area contributed by atoms with Gasteiger partial charge in [0.1, 0.15) is 5.82 Å². The van der Waals surface area contributed by atoms with E-state index >= 15 is 0 Å². The first-order valence-electron chi connectivity index (χ1n) is 5.63. The zero-order valence-corrected chi connectivity index (χ0v) is 9.08. The van der Waals surface area contributed by atoms with Crippen molar-refractivity contribution in [3.05, 3.63) is 29.8 Å². The molecule has 1 aromatic rings. The van der Waals surface area contributed by atoms with Gasteiger partial charge in [-0.15, -0.1) is 0 Å². The highest BCUT2D eigenvalue weighted by molar-refractivity contribution is 5.96. The number of ketones is 1. The number of hydrogen-bond acceptors (Lipinski definition) is 3. The molecule has 0 radical (unpaired) electrons. The molecule has 1 aliphatic heterocycles. The van der Waals surface area contributed by atoms with Crippen LogP contribution in [0, 0.1) is 5.82 Å². The summed E-state index contributed by atoms with van der Waals surface area (Å²) in [5, 5.41) is 3.30. The molecular weight excluding hydrogens is 207 g/mol. The van der Waals surface area contributed by atoms with E-state index in [2.05, 4.69) is 10.3 Å². The number of halogens is 1. The molecule has 0 aromatic carbocycles. The molecular formula is C12H15FN2O. The van der Waals surface area contributed by atoms with Gasteiger partial charge < -0.3 is 5.32 Å². The van der Waals surface area contributed by atoms with E-state index in [4.69, 9.17) is 0 Å². The van der Waals surface area contributed by atoms with Crippen LogP contribution in [0.4, 0.5) is 4.39 Å². The van der Waals surface area contributed by atoms with Gasteiger partial charge in [-0.2, -0.15) is 0 Å². The largest absolute Gasteiger partial charge is 0.314 e. The molecule has 1 aromatic heterocycles. The van der Waals surface area contributed by atoms with Crippen LogP contribution in [0.5, 0.6) is 0 Å². The van der Waals surface area contributed by atoms with Crippen molar-refractivity contribution in [2.45, 2.75) is 31.7 Å². The highest BCUT2D eigenvalue weighted by Crippen LogP contribution is 2.13. The van der Waals surface area contributed by atoms with Crippen molar-refractivity contribution < 1.29 is 9.18 Å². The molecule has 1 atom stereocenters. The van der Waals surface area contributed by atoms with Crippen molar-refractivity contribution in [2.75, 3.05) is 6.54 Å². The van der Waals surface area contributed by atoms with Crippen molar-refractivity contribution in [3.63, 3.8) is 0 Å². The lowest BCUT2D eigenvalue weighted by Gasteiger charge is -2.22. The third kappa shape index (κ3) is 2.85. The molecule has 2 rings (SSSR count). The topological polar surface area (TPSA) is 42.0 Å². The molecule has 1 saturated heterocycles. The van der Waals surface area contributed by atoms with Gasteiger partial charge in [0.2, 0.25) is 0 Å². The van der Waals surface area contributed by atoms with Gasteiger partial charge in [0.15, 0.2) is 5.78 Å². The van der Waals surface area contributed by atoms with Gasteiger partial charge in [0, 0.05) is 24.2 Å². The fourth-order valence-electron chi connectivity index (χ4n) is 2.00. The number of nitrogens with zero attached hydrogens (tertiary/aromatic N) is 1. The predicted octanol–water partition coefficient (Wildman–Crippen LogP) is 1.94. The number of pyridine rings is 1. The quantitative estimate of drug-likeness (QED) is 0.795. The molecule has 0 bridgehead atoms. The Hall–Kier alpha value is -1.29. The van der Waals surface area contributed by atoms with Crippen LogP contribution in [0.3, 0.4) is 0 Å². The van der Waals surface area contributed by atoms with E-state index < -0.39 is 5.82 Å². The van der Waals surface area contributed by atoms with E-state index in [1.54, 1.807) is 0 Å². The summed E-state index contributed by atoms with van der Waals surface area (Å²) in [4.78, 5) is 15.5.